The molecule has 23 heavy (non-hydrogen) atoms. The molecular formula is C16H28FIN4O. The SMILES string of the molecule is CCN(C)CCNC(=NC)NCC(C)Oc1cccc(F)c1.I. The highest BCUT2D eigenvalue weighted by Gasteiger charge is 2.06. The summed E-state index contributed by atoms with van der Waals surface area (Å²) in [5.74, 6) is 0.969. The minimum atomic E-state index is -0.296. The molecule has 1 rings (SSSR count). The highest BCUT2D eigenvalue weighted by atomic mass is 127. The number of hydrogen-bond acceptors (Lipinski definition) is 3. The first-order chi connectivity index (χ1) is 10.5. The van der Waals surface area contributed by atoms with E-state index in [1.807, 2.05) is 6.92 Å². The lowest BCUT2D eigenvalue weighted by Gasteiger charge is -2.19. The van der Waals surface area contributed by atoms with Crippen molar-refractivity contribution in [3.8, 4) is 5.75 Å². The summed E-state index contributed by atoms with van der Waals surface area (Å²) in [6, 6.07) is 6.15. The number of likely N-dealkylation sites (N-methyl/N-ethyl adjacent to an activating group) is 1. The van der Waals surface area contributed by atoms with Crippen LogP contribution in [-0.4, -0.2) is 57.2 Å². The van der Waals surface area contributed by atoms with Crippen LogP contribution in [0.25, 0.3) is 0 Å². The molecule has 0 aromatic heterocycles. The summed E-state index contributed by atoms with van der Waals surface area (Å²) in [4.78, 5) is 6.38. The van der Waals surface area contributed by atoms with Crippen LogP contribution in [0.4, 0.5) is 4.39 Å². The number of halogens is 2. The lowest BCUT2D eigenvalue weighted by Crippen LogP contribution is -2.44. The fraction of sp³-hybridized carbons (Fsp3) is 0.562. The number of nitrogens with one attached hydrogen (secondary N) is 2. The molecule has 0 heterocycles. The number of rotatable bonds is 8. The quantitative estimate of drug-likeness (QED) is 0.372. The molecule has 0 aliphatic rings. The Hall–Kier alpha value is -1.09. The lowest BCUT2D eigenvalue weighted by atomic mass is 10.3. The first-order valence-electron chi connectivity index (χ1n) is 7.60. The molecule has 0 fully saturated rings. The van der Waals surface area contributed by atoms with Crippen molar-refractivity contribution in [2.45, 2.75) is 20.0 Å². The third-order valence-corrected chi connectivity index (χ3v) is 3.24. The van der Waals surface area contributed by atoms with E-state index >= 15 is 0 Å². The Morgan fingerprint density at radius 1 is 1.39 bits per heavy atom. The molecule has 2 N–H and O–H groups in total. The zero-order chi connectivity index (χ0) is 16.4. The largest absolute Gasteiger partial charge is 0.489 e. The third-order valence-electron chi connectivity index (χ3n) is 3.24. The van der Waals surface area contributed by atoms with Crippen LogP contribution in [-0.2, 0) is 0 Å². The maximum absolute atomic E-state index is 13.1. The van der Waals surface area contributed by atoms with Crippen molar-refractivity contribution in [1.29, 1.82) is 0 Å². The second-order valence-electron chi connectivity index (χ2n) is 5.16. The number of benzene rings is 1. The van der Waals surface area contributed by atoms with Gasteiger partial charge in [0.1, 0.15) is 17.7 Å². The molecule has 0 aliphatic heterocycles. The van der Waals surface area contributed by atoms with Gasteiger partial charge in [0.25, 0.3) is 0 Å². The van der Waals surface area contributed by atoms with E-state index in [4.69, 9.17) is 4.74 Å². The van der Waals surface area contributed by atoms with Crippen LogP contribution < -0.4 is 15.4 Å². The van der Waals surface area contributed by atoms with Crippen molar-refractivity contribution in [1.82, 2.24) is 15.5 Å². The topological polar surface area (TPSA) is 48.9 Å². The van der Waals surface area contributed by atoms with E-state index in [1.54, 1.807) is 19.2 Å². The molecular weight excluding hydrogens is 410 g/mol. The van der Waals surface area contributed by atoms with E-state index in [-0.39, 0.29) is 35.9 Å². The fourth-order valence-corrected chi connectivity index (χ4v) is 1.80. The molecule has 0 saturated carbocycles. The van der Waals surface area contributed by atoms with Crippen LogP contribution in [0.15, 0.2) is 29.3 Å². The van der Waals surface area contributed by atoms with E-state index in [9.17, 15) is 4.39 Å². The van der Waals surface area contributed by atoms with Crippen LogP contribution in [0.5, 0.6) is 5.75 Å². The van der Waals surface area contributed by atoms with Crippen molar-refractivity contribution in [3.63, 3.8) is 0 Å². The van der Waals surface area contributed by atoms with Gasteiger partial charge in [0.2, 0.25) is 0 Å². The summed E-state index contributed by atoms with van der Waals surface area (Å²) in [6.07, 6.45) is -0.0985. The Balaban J connectivity index is 0.00000484. The minimum Gasteiger partial charge on any atom is -0.489 e. The lowest BCUT2D eigenvalue weighted by molar-refractivity contribution is 0.223. The van der Waals surface area contributed by atoms with Crippen molar-refractivity contribution >= 4 is 29.9 Å². The Bertz CT molecular complexity index is 473. The molecule has 7 heteroatoms. The van der Waals surface area contributed by atoms with Crippen molar-refractivity contribution in [2.75, 3.05) is 40.3 Å². The fourth-order valence-electron chi connectivity index (χ4n) is 1.80. The monoisotopic (exact) mass is 438 g/mol. The molecule has 0 saturated heterocycles. The molecule has 5 nitrogen and oxygen atoms in total. The molecule has 0 spiro atoms. The van der Waals surface area contributed by atoms with Crippen LogP contribution in [0.3, 0.4) is 0 Å². The first kappa shape index (κ1) is 21.9. The van der Waals surface area contributed by atoms with E-state index in [2.05, 4.69) is 34.5 Å². The summed E-state index contributed by atoms with van der Waals surface area (Å²) in [6.45, 7) is 7.43. The summed E-state index contributed by atoms with van der Waals surface area (Å²) in [5.41, 5.74) is 0. The normalized spacial score (nSPS) is 12.5. The average molecular weight is 438 g/mol. The average Bonchev–Trinajstić information content (AvgIpc) is 2.50. The van der Waals surface area contributed by atoms with Crippen LogP contribution in [0.2, 0.25) is 0 Å². The smallest absolute Gasteiger partial charge is 0.191 e. The molecule has 0 aliphatic carbocycles. The zero-order valence-corrected chi connectivity index (χ0v) is 16.6. The van der Waals surface area contributed by atoms with Gasteiger partial charge in [-0.1, -0.05) is 13.0 Å². The maximum Gasteiger partial charge on any atom is 0.191 e. The number of nitrogens with zero attached hydrogens (tertiary/aromatic N) is 2. The molecule has 1 atom stereocenters. The molecule has 1 aromatic carbocycles. The molecule has 0 radical (unpaired) electrons. The van der Waals surface area contributed by atoms with Crippen molar-refractivity contribution in [3.05, 3.63) is 30.1 Å². The second kappa shape index (κ2) is 12.3. The molecule has 1 unspecified atom stereocenters. The standard InChI is InChI=1S/C16H27FN4O.HI/c1-5-21(4)10-9-19-16(18-3)20-12-13(2)22-15-8-6-7-14(17)11-15;/h6-8,11,13H,5,9-10,12H2,1-4H3,(H2,18,19,20);1H. The van der Waals surface area contributed by atoms with E-state index in [0.29, 0.717) is 12.3 Å². The Kier molecular flexibility index (Phi) is 11.8. The van der Waals surface area contributed by atoms with Crippen LogP contribution in [0.1, 0.15) is 13.8 Å². The molecule has 0 amide bonds. The van der Waals surface area contributed by atoms with Crippen molar-refractivity contribution < 1.29 is 9.13 Å². The number of hydrogen-bond donors (Lipinski definition) is 2. The second-order valence-corrected chi connectivity index (χ2v) is 5.16. The zero-order valence-electron chi connectivity index (χ0n) is 14.3. The minimum absolute atomic E-state index is 0. The summed E-state index contributed by atoms with van der Waals surface area (Å²) < 4.78 is 18.7. The molecule has 1 aromatic rings. The third kappa shape index (κ3) is 9.60. The summed E-state index contributed by atoms with van der Waals surface area (Å²) >= 11 is 0. The van der Waals surface area contributed by atoms with Gasteiger partial charge in [-0.05, 0) is 32.6 Å². The summed E-state index contributed by atoms with van der Waals surface area (Å²) in [7, 11) is 3.81. The van der Waals surface area contributed by atoms with Crippen molar-refractivity contribution in [2.24, 2.45) is 4.99 Å². The van der Waals surface area contributed by atoms with Gasteiger partial charge < -0.3 is 20.3 Å². The van der Waals surface area contributed by atoms with Gasteiger partial charge in [0.15, 0.2) is 5.96 Å². The predicted octanol–water partition coefficient (Wildman–Crippen LogP) is 2.33. The summed E-state index contributed by atoms with van der Waals surface area (Å²) in [5, 5.41) is 6.44. The van der Waals surface area contributed by atoms with E-state index in [0.717, 1.165) is 25.6 Å². The van der Waals surface area contributed by atoms with Gasteiger partial charge in [0.05, 0.1) is 6.54 Å². The van der Waals surface area contributed by atoms with Gasteiger partial charge >= 0.3 is 0 Å². The Morgan fingerprint density at radius 2 is 2.13 bits per heavy atom. The van der Waals surface area contributed by atoms with Crippen LogP contribution >= 0.6 is 24.0 Å². The van der Waals surface area contributed by atoms with Gasteiger partial charge in [-0.3, -0.25) is 4.99 Å². The van der Waals surface area contributed by atoms with Gasteiger partial charge in [-0.25, -0.2) is 4.39 Å². The van der Waals surface area contributed by atoms with E-state index in [1.165, 1.54) is 12.1 Å². The highest BCUT2D eigenvalue weighted by molar-refractivity contribution is 14.0. The molecule has 0 bridgehead atoms. The Morgan fingerprint density at radius 3 is 2.74 bits per heavy atom. The number of guanidine groups is 1. The van der Waals surface area contributed by atoms with Gasteiger partial charge in [-0.15, -0.1) is 24.0 Å². The maximum atomic E-state index is 13.1. The van der Waals surface area contributed by atoms with Gasteiger partial charge in [-0.2, -0.15) is 0 Å². The first-order valence-corrected chi connectivity index (χ1v) is 7.60. The highest BCUT2D eigenvalue weighted by Crippen LogP contribution is 2.13. The van der Waals surface area contributed by atoms with Gasteiger partial charge in [0, 0.05) is 26.2 Å². The number of aliphatic imine (C=N–C) groups is 1. The van der Waals surface area contributed by atoms with E-state index < -0.39 is 0 Å². The van der Waals surface area contributed by atoms with Crippen LogP contribution in [0, 0.1) is 5.82 Å². The Labute approximate surface area is 155 Å². The number of ether oxygens (including phenoxy) is 1. The molecule has 132 valence electrons. The predicted molar refractivity (Wildman–Crippen MR) is 104 cm³/mol.